The SMILES string of the molecule is CCNC(=NCC(CCO)CC(C)C)NC1CC2CCCC(C1)N2C. The first-order chi connectivity index (χ1) is 12.0. The van der Waals surface area contributed by atoms with Crippen LogP contribution in [0, 0.1) is 11.8 Å². The van der Waals surface area contributed by atoms with Gasteiger partial charge in [-0.05, 0) is 64.3 Å². The number of nitrogens with zero attached hydrogens (tertiary/aromatic N) is 2. The molecule has 0 aromatic rings. The second-order valence-electron chi connectivity index (χ2n) is 8.44. The van der Waals surface area contributed by atoms with E-state index in [0.717, 1.165) is 44.0 Å². The maximum atomic E-state index is 9.31. The molecule has 0 aliphatic carbocycles. The highest BCUT2D eigenvalue weighted by molar-refractivity contribution is 5.80. The Morgan fingerprint density at radius 2 is 1.92 bits per heavy atom. The molecular weight excluding hydrogens is 312 g/mol. The predicted octanol–water partition coefficient (Wildman–Crippen LogP) is 2.60. The topological polar surface area (TPSA) is 59.9 Å². The normalized spacial score (nSPS) is 28.9. The van der Waals surface area contributed by atoms with Crippen LogP contribution in [0.5, 0.6) is 0 Å². The van der Waals surface area contributed by atoms with Crippen molar-refractivity contribution < 1.29 is 5.11 Å². The minimum Gasteiger partial charge on any atom is -0.396 e. The molecule has 5 heteroatoms. The third-order valence-corrected chi connectivity index (χ3v) is 5.87. The molecule has 0 aromatic carbocycles. The van der Waals surface area contributed by atoms with Crippen LogP contribution in [-0.2, 0) is 0 Å². The summed E-state index contributed by atoms with van der Waals surface area (Å²) in [5.41, 5.74) is 0. The predicted molar refractivity (Wildman–Crippen MR) is 106 cm³/mol. The van der Waals surface area contributed by atoms with Crippen molar-refractivity contribution in [3.63, 3.8) is 0 Å². The molecule has 0 saturated carbocycles. The molecule has 0 amide bonds. The quantitative estimate of drug-likeness (QED) is 0.464. The van der Waals surface area contributed by atoms with Crippen LogP contribution < -0.4 is 10.6 Å². The molecule has 2 saturated heterocycles. The van der Waals surface area contributed by atoms with E-state index < -0.39 is 0 Å². The number of guanidine groups is 1. The lowest BCUT2D eigenvalue weighted by Gasteiger charge is -2.47. The van der Waals surface area contributed by atoms with Gasteiger partial charge in [0.25, 0.3) is 0 Å². The van der Waals surface area contributed by atoms with Gasteiger partial charge in [-0.3, -0.25) is 4.99 Å². The van der Waals surface area contributed by atoms with Crippen LogP contribution in [0.1, 0.15) is 65.7 Å². The summed E-state index contributed by atoms with van der Waals surface area (Å²) in [6.45, 7) is 8.56. The first kappa shape index (κ1) is 20.5. The molecule has 0 aromatic heterocycles. The fourth-order valence-electron chi connectivity index (χ4n) is 4.60. The smallest absolute Gasteiger partial charge is 0.191 e. The zero-order chi connectivity index (χ0) is 18.2. The fraction of sp³-hybridized carbons (Fsp3) is 0.950. The van der Waals surface area contributed by atoms with Crippen molar-refractivity contribution in [1.82, 2.24) is 15.5 Å². The van der Waals surface area contributed by atoms with Crippen LogP contribution in [0.15, 0.2) is 4.99 Å². The molecule has 0 spiro atoms. The number of hydrogen-bond acceptors (Lipinski definition) is 3. The molecule has 2 aliphatic rings. The van der Waals surface area contributed by atoms with E-state index in [4.69, 9.17) is 4.99 Å². The lowest BCUT2D eigenvalue weighted by Crippen LogP contribution is -2.56. The zero-order valence-electron chi connectivity index (χ0n) is 16.8. The number of aliphatic hydroxyl groups is 1. The number of aliphatic imine (C=N–C) groups is 1. The number of aliphatic hydroxyl groups excluding tert-OH is 1. The summed E-state index contributed by atoms with van der Waals surface area (Å²) in [5.74, 6) is 2.08. The Hall–Kier alpha value is -0.810. The van der Waals surface area contributed by atoms with E-state index in [1.807, 2.05) is 0 Å². The molecule has 2 fully saturated rings. The molecule has 2 rings (SSSR count). The fourth-order valence-corrected chi connectivity index (χ4v) is 4.60. The lowest BCUT2D eigenvalue weighted by atomic mass is 9.82. The Morgan fingerprint density at radius 1 is 1.24 bits per heavy atom. The van der Waals surface area contributed by atoms with E-state index >= 15 is 0 Å². The van der Waals surface area contributed by atoms with Gasteiger partial charge in [0.05, 0.1) is 0 Å². The average Bonchev–Trinajstić information content (AvgIpc) is 2.53. The zero-order valence-corrected chi connectivity index (χ0v) is 16.8. The van der Waals surface area contributed by atoms with E-state index in [1.54, 1.807) is 0 Å². The van der Waals surface area contributed by atoms with Crippen LogP contribution >= 0.6 is 0 Å². The number of fused-ring (bicyclic) bond motifs is 2. The summed E-state index contributed by atoms with van der Waals surface area (Å²) >= 11 is 0. The Balaban J connectivity index is 1.92. The molecule has 2 bridgehead atoms. The Labute approximate surface area is 154 Å². The van der Waals surface area contributed by atoms with Crippen molar-refractivity contribution in [2.45, 2.75) is 83.8 Å². The number of rotatable bonds is 8. The second kappa shape index (κ2) is 10.4. The summed E-state index contributed by atoms with van der Waals surface area (Å²) < 4.78 is 0. The molecular formula is C20H40N4O. The van der Waals surface area contributed by atoms with E-state index in [-0.39, 0.29) is 6.61 Å². The standard InChI is InChI=1S/C20H40N4O/c1-5-21-20(22-14-16(9-10-25)11-15(2)3)23-17-12-18-7-6-8-19(13-17)24(18)4/h15-19,25H,5-14H2,1-4H3,(H2,21,22,23). The van der Waals surface area contributed by atoms with Crippen molar-refractivity contribution in [3.05, 3.63) is 0 Å². The van der Waals surface area contributed by atoms with Gasteiger partial charge in [0.15, 0.2) is 5.96 Å². The minimum absolute atomic E-state index is 0.259. The molecule has 5 nitrogen and oxygen atoms in total. The van der Waals surface area contributed by atoms with E-state index in [0.29, 0.717) is 17.9 Å². The summed E-state index contributed by atoms with van der Waals surface area (Å²) in [7, 11) is 2.30. The summed E-state index contributed by atoms with van der Waals surface area (Å²) in [5, 5.41) is 16.4. The Morgan fingerprint density at radius 3 is 2.48 bits per heavy atom. The molecule has 2 aliphatic heterocycles. The molecule has 0 radical (unpaired) electrons. The van der Waals surface area contributed by atoms with E-state index in [1.165, 1.54) is 32.1 Å². The molecule has 146 valence electrons. The third-order valence-electron chi connectivity index (χ3n) is 5.87. The first-order valence-corrected chi connectivity index (χ1v) is 10.4. The maximum Gasteiger partial charge on any atom is 0.191 e. The van der Waals surface area contributed by atoms with E-state index in [9.17, 15) is 5.11 Å². The highest BCUT2D eigenvalue weighted by Crippen LogP contribution is 2.32. The van der Waals surface area contributed by atoms with E-state index in [2.05, 4.69) is 43.4 Å². The van der Waals surface area contributed by atoms with Crippen LogP contribution in [-0.4, -0.2) is 60.8 Å². The number of piperidine rings is 2. The lowest BCUT2D eigenvalue weighted by molar-refractivity contribution is 0.0526. The monoisotopic (exact) mass is 352 g/mol. The molecule has 3 atom stereocenters. The largest absolute Gasteiger partial charge is 0.396 e. The average molecular weight is 353 g/mol. The molecule has 3 unspecified atom stereocenters. The number of nitrogens with one attached hydrogen (secondary N) is 2. The van der Waals surface area contributed by atoms with Crippen LogP contribution in [0.3, 0.4) is 0 Å². The summed E-state index contributed by atoms with van der Waals surface area (Å²) in [6, 6.07) is 2.00. The van der Waals surface area contributed by atoms with Gasteiger partial charge in [-0.15, -0.1) is 0 Å². The maximum absolute atomic E-state index is 9.31. The van der Waals surface area contributed by atoms with Crippen molar-refractivity contribution in [2.24, 2.45) is 16.8 Å². The van der Waals surface area contributed by atoms with Gasteiger partial charge in [-0.2, -0.15) is 0 Å². The Bertz CT molecular complexity index is 399. The summed E-state index contributed by atoms with van der Waals surface area (Å²) in [6.07, 6.45) is 8.49. The second-order valence-corrected chi connectivity index (χ2v) is 8.44. The highest BCUT2D eigenvalue weighted by atomic mass is 16.3. The number of hydrogen-bond donors (Lipinski definition) is 3. The van der Waals surface area contributed by atoms with Gasteiger partial charge in [-0.25, -0.2) is 0 Å². The minimum atomic E-state index is 0.259. The van der Waals surface area contributed by atoms with Crippen molar-refractivity contribution in [1.29, 1.82) is 0 Å². The van der Waals surface area contributed by atoms with Gasteiger partial charge in [0, 0.05) is 37.8 Å². The van der Waals surface area contributed by atoms with Crippen molar-refractivity contribution in [2.75, 3.05) is 26.7 Å². The molecule has 3 N–H and O–H groups in total. The first-order valence-electron chi connectivity index (χ1n) is 10.4. The van der Waals surface area contributed by atoms with Crippen LogP contribution in [0.25, 0.3) is 0 Å². The van der Waals surface area contributed by atoms with Gasteiger partial charge < -0.3 is 20.6 Å². The van der Waals surface area contributed by atoms with Gasteiger partial charge in [-0.1, -0.05) is 20.3 Å². The third kappa shape index (κ3) is 6.45. The highest BCUT2D eigenvalue weighted by Gasteiger charge is 2.36. The van der Waals surface area contributed by atoms with Crippen molar-refractivity contribution >= 4 is 5.96 Å². The van der Waals surface area contributed by atoms with Crippen LogP contribution in [0.4, 0.5) is 0 Å². The Kier molecular flexibility index (Phi) is 8.50. The molecule has 2 heterocycles. The van der Waals surface area contributed by atoms with Crippen LogP contribution in [0.2, 0.25) is 0 Å². The van der Waals surface area contributed by atoms with Crippen molar-refractivity contribution in [3.8, 4) is 0 Å². The van der Waals surface area contributed by atoms with Gasteiger partial charge in [0.1, 0.15) is 0 Å². The van der Waals surface area contributed by atoms with Gasteiger partial charge >= 0.3 is 0 Å². The summed E-state index contributed by atoms with van der Waals surface area (Å²) in [4.78, 5) is 7.47. The van der Waals surface area contributed by atoms with Gasteiger partial charge in [0.2, 0.25) is 0 Å². The molecule has 25 heavy (non-hydrogen) atoms.